The van der Waals surface area contributed by atoms with Gasteiger partial charge in [0, 0.05) is 5.56 Å². The lowest BCUT2D eigenvalue weighted by Gasteiger charge is -2.23. The third-order valence-electron chi connectivity index (χ3n) is 7.03. The molecule has 1 aliphatic rings. The molecule has 1 fully saturated rings. The van der Waals surface area contributed by atoms with Gasteiger partial charge in [0.05, 0.1) is 21.8 Å². The molecular weight excluding hydrogens is 539 g/mol. The predicted octanol–water partition coefficient (Wildman–Crippen LogP) is 7.26. The van der Waals surface area contributed by atoms with Gasteiger partial charge < -0.3 is 9.84 Å². The van der Waals surface area contributed by atoms with Crippen molar-refractivity contribution in [2.24, 2.45) is 0 Å². The maximum atomic E-state index is 13.6. The van der Waals surface area contributed by atoms with E-state index in [0.29, 0.717) is 23.1 Å². The van der Waals surface area contributed by atoms with Gasteiger partial charge in [0.25, 0.3) is 5.78 Å². The predicted molar refractivity (Wildman–Crippen MR) is 157 cm³/mol. The Kier molecular flexibility index (Phi) is 6.85. The fourth-order valence-electron chi connectivity index (χ4n) is 5.06. The number of hydrogen-bond acceptors (Lipinski definition) is 6. The molecule has 0 aliphatic carbocycles. The van der Waals surface area contributed by atoms with E-state index in [2.05, 4.69) is 0 Å². The number of fused-ring (bicyclic) bond motifs is 1. The van der Waals surface area contributed by atoms with Crippen LogP contribution in [0.15, 0.2) is 96.6 Å². The number of benzene rings is 4. The molecule has 8 heteroatoms. The lowest BCUT2D eigenvalue weighted by atomic mass is 9.95. The SMILES string of the molecule is Cc1cc(C)c2nc(N3C(=O)C(=O)C(=C(O)c4ccc(F)cc4)C3c3ccc(OCc4ccccc4)cc3)sc2c1. The summed E-state index contributed by atoms with van der Waals surface area (Å²) in [5.41, 5.74) is 4.52. The lowest BCUT2D eigenvalue weighted by molar-refractivity contribution is -0.132. The number of aryl methyl sites for hydroxylation is 2. The van der Waals surface area contributed by atoms with Crippen molar-refractivity contribution in [1.82, 2.24) is 4.98 Å². The highest BCUT2D eigenvalue weighted by molar-refractivity contribution is 7.22. The van der Waals surface area contributed by atoms with Crippen molar-refractivity contribution in [1.29, 1.82) is 0 Å². The molecule has 5 aromatic rings. The molecule has 1 N–H and O–H groups in total. The highest BCUT2D eigenvalue weighted by Crippen LogP contribution is 2.45. The quantitative estimate of drug-likeness (QED) is 0.133. The van der Waals surface area contributed by atoms with Crippen LogP contribution in [0.1, 0.15) is 33.9 Å². The average molecular weight is 565 g/mol. The van der Waals surface area contributed by atoms with Crippen LogP contribution in [0.3, 0.4) is 0 Å². The number of nitrogens with zero attached hydrogens (tertiary/aromatic N) is 2. The molecule has 2 heterocycles. The number of ether oxygens (including phenoxy) is 1. The van der Waals surface area contributed by atoms with Gasteiger partial charge >= 0.3 is 5.91 Å². The van der Waals surface area contributed by atoms with E-state index in [0.717, 1.165) is 26.9 Å². The van der Waals surface area contributed by atoms with E-state index in [4.69, 9.17) is 9.72 Å². The number of aliphatic hydroxyl groups excluding tert-OH is 1. The zero-order valence-electron chi connectivity index (χ0n) is 22.3. The van der Waals surface area contributed by atoms with Crippen molar-refractivity contribution in [2.75, 3.05) is 4.90 Å². The zero-order chi connectivity index (χ0) is 28.7. The number of aliphatic hydroxyl groups is 1. The monoisotopic (exact) mass is 564 g/mol. The molecule has 0 saturated carbocycles. The van der Waals surface area contributed by atoms with Crippen LogP contribution in [0.2, 0.25) is 0 Å². The number of anilines is 1. The first kappa shape index (κ1) is 26.4. The molecule has 6 rings (SSSR count). The van der Waals surface area contributed by atoms with E-state index in [1.807, 2.05) is 56.3 Å². The van der Waals surface area contributed by atoms with E-state index in [-0.39, 0.29) is 16.9 Å². The van der Waals surface area contributed by atoms with Crippen molar-refractivity contribution < 1.29 is 23.8 Å². The van der Waals surface area contributed by atoms with Gasteiger partial charge in [0.15, 0.2) is 5.13 Å². The van der Waals surface area contributed by atoms with Crippen LogP contribution in [-0.4, -0.2) is 21.8 Å². The van der Waals surface area contributed by atoms with Crippen LogP contribution in [0, 0.1) is 19.7 Å². The highest BCUT2D eigenvalue weighted by atomic mass is 32.1. The molecule has 0 radical (unpaired) electrons. The average Bonchev–Trinajstić information content (AvgIpc) is 3.51. The number of amides is 1. The van der Waals surface area contributed by atoms with E-state index in [9.17, 15) is 19.1 Å². The molecule has 41 heavy (non-hydrogen) atoms. The topological polar surface area (TPSA) is 79.7 Å². The number of carbonyl (C=O) groups is 2. The molecule has 1 unspecified atom stereocenters. The minimum atomic E-state index is -0.954. The second-order valence-corrected chi connectivity index (χ2v) is 11.0. The van der Waals surface area contributed by atoms with Crippen LogP contribution in [0.5, 0.6) is 5.75 Å². The van der Waals surface area contributed by atoms with Crippen molar-refractivity contribution in [3.05, 3.63) is 130 Å². The Morgan fingerprint density at radius 1 is 0.976 bits per heavy atom. The summed E-state index contributed by atoms with van der Waals surface area (Å²) in [4.78, 5) is 33.1. The maximum Gasteiger partial charge on any atom is 0.301 e. The van der Waals surface area contributed by atoms with Gasteiger partial charge in [0.2, 0.25) is 0 Å². The Morgan fingerprint density at radius 3 is 2.39 bits per heavy atom. The summed E-state index contributed by atoms with van der Waals surface area (Å²) in [6, 6.07) is 25.0. The van der Waals surface area contributed by atoms with Gasteiger partial charge in [-0.1, -0.05) is 59.9 Å². The number of ketones is 1. The molecular formula is C33H25FN2O4S. The van der Waals surface area contributed by atoms with Crippen molar-refractivity contribution in [3.63, 3.8) is 0 Å². The van der Waals surface area contributed by atoms with Gasteiger partial charge in [-0.05, 0) is 78.6 Å². The van der Waals surface area contributed by atoms with Gasteiger partial charge in [-0.2, -0.15) is 0 Å². The van der Waals surface area contributed by atoms with Gasteiger partial charge in [0.1, 0.15) is 23.9 Å². The summed E-state index contributed by atoms with van der Waals surface area (Å²) in [6.45, 7) is 4.32. The number of rotatable bonds is 6. The van der Waals surface area contributed by atoms with E-state index >= 15 is 0 Å². The third-order valence-corrected chi connectivity index (χ3v) is 8.03. The van der Waals surface area contributed by atoms with Crippen molar-refractivity contribution in [3.8, 4) is 5.75 Å². The number of thiazole rings is 1. The number of carbonyl (C=O) groups excluding carboxylic acids is 2. The first-order chi connectivity index (χ1) is 19.8. The Bertz CT molecular complexity index is 1810. The van der Waals surface area contributed by atoms with Crippen LogP contribution < -0.4 is 9.64 Å². The first-order valence-electron chi connectivity index (χ1n) is 13.0. The molecule has 1 atom stereocenters. The van der Waals surface area contributed by atoms with Crippen molar-refractivity contribution in [2.45, 2.75) is 26.5 Å². The van der Waals surface area contributed by atoms with Gasteiger partial charge in [-0.3, -0.25) is 14.5 Å². The largest absolute Gasteiger partial charge is 0.507 e. The van der Waals surface area contributed by atoms with Crippen LogP contribution in [0.4, 0.5) is 9.52 Å². The van der Waals surface area contributed by atoms with Crippen molar-refractivity contribution >= 4 is 44.1 Å². The second kappa shape index (κ2) is 10.6. The summed E-state index contributed by atoms with van der Waals surface area (Å²) in [7, 11) is 0. The molecule has 1 aromatic heterocycles. The smallest absolute Gasteiger partial charge is 0.301 e. The van der Waals surface area contributed by atoms with Gasteiger partial charge in [-0.25, -0.2) is 9.37 Å². The van der Waals surface area contributed by atoms with E-state index in [1.54, 1.807) is 24.3 Å². The minimum Gasteiger partial charge on any atom is -0.507 e. The molecule has 1 saturated heterocycles. The fraction of sp³-hybridized carbons (Fsp3) is 0.121. The summed E-state index contributed by atoms with van der Waals surface area (Å²) in [6.07, 6.45) is 0. The molecule has 4 aromatic carbocycles. The van der Waals surface area contributed by atoms with Crippen LogP contribution >= 0.6 is 11.3 Å². The summed E-state index contributed by atoms with van der Waals surface area (Å²) >= 11 is 1.31. The molecule has 204 valence electrons. The molecule has 0 bridgehead atoms. The first-order valence-corrected chi connectivity index (χ1v) is 13.8. The van der Waals surface area contributed by atoms with Gasteiger partial charge in [-0.15, -0.1) is 0 Å². The maximum absolute atomic E-state index is 13.6. The minimum absolute atomic E-state index is 0.0910. The van der Waals surface area contributed by atoms with E-state index < -0.39 is 23.5 Å². The number of hydrogen-bond donors (Lipinski definition) is 1. The Morgan fingerprint density at radius 2 is 1.68 bits per heavy atom. The summed E-state index contributed by atoms with van der Waals surface area (Å²) < 4.78 is 20.4. The standard InChI is InChI=1S/C33H25FN2O4S/c1-19-16-20(2)28-26(17-19)41-33(35-28)36-29(22-10-14-25(15-11-22)40-18-21-6-4-3-5-7-21)27(31(38)32(36)39)30(37)23-8-12-24(34)13-9-23/h3-17,29,37H,18H2,1-2H3. The molecule has 0 spiro atoms. The Hall–Kier alpha value is -4.82. The number of Topliss-reactive ketones (excluding diaryl/α,β-unsaturated/α-hetero) is 1. The zero-order valence-corrected chi connectivity index (χ0v) is 23.1. The lowest BCUT2D eigenvalue weighted by Crippen LogP contribution is -2.29. The molecule has 1 aliphatic heterocycles. The summed E-state index contributed by atoms with van der Waals surface area (Å²) in [5.74, 6) is -1.89. The third kappa shape index (κ3) is 4.98. The number of aromatic nitrogens is 1. The Labute approximate surface area is 240 Å². The van der Waals surface area contributed by atoms with Crippen LogP contribution in [0.25, 0.3) is 16.0 Å². The fourth-order valence-corrected chi connectivity index (χ4v) is 6.23. The second-order valence-electron chi connectivity index (χ2n) is 9.94. The highest BCUT2D eigenvalue weighted by Gasteiger charge is 2.48. The van der Waals surface area contributed by atoms with Crippen LogP contribution in [-0.2, 0) is 16.2 Å². The molecule has 6 nitrogen and oxygen atoms in total. The molecule has 1 amide bonds. The number of halogens is 1. The normalized spacial score (nSPS) is 16.5. The Balaban J connectivity index is 1.44. The van der Waals surface area contributed by atoms with E-state index in [1.165, 1.54) is 40.5 Å². The summed E-state index contributed by atoms with van der Waals surface area (Å²) in [5, 5.41) is 11.6.